The Labute approximate surface area is 131 Å². The predicted octanol–water partition coefficient (Wildman–Crippen LogP) is 2.24. The first-order chi connectivity index (χ1) is 10.3. The number of nitrogens with zero attached hydrogens (tertiary/aromatic N) is 2. The van der Waals surface area contributed by atoms with Crippen LogP contribution in [0.25, 0.3) is 0 Å². The smallest absolute Gasteiger partial charge is 0.319 e. The van der Waals surface area contributed by atoms with Crippen LogP contribution in [0.2, 0.25) is 5.02 Å². The normalized spacial score (nSPS) is 13.5. The minimum atomic E-state index is -1.29. The number of anilines is 1. The summed E-state index contributed by atoms with van der Waals surface area (Å²) in [6.07, 6.45) is 3.16. The first-order valence-corrected chi connectivity index (χ1v) is 6.87. The molecule has 8 heteroatoms. The largest absolute Gasteiger partial charge is 0.383 e. The van der Waals surface area contributed by atoms with Gasteiger partial charge in [-0.15, -0.1) is 0 Å². The number of halogens is 2. The lowest BCUT2D eigenvalue weighted by Crippen LogP contribution is -2.40. The van der Waals surface area contributed by atoms with Gasteiger partial charge < -0.3 is 15.7 Å². The van der Waals surface area contributed by atoms with E-state index in [4.69, 9.17) is 11.6 Å². The van der Waals surface area contributed by atoms with E-state index in [0.717, 1.165) is 6.07 Å². The zero-order valence-corrected chi connectivity index (χ0v) is 12.9. The average Bonchev–Trinajstić information content (AvgIpc) is 2.88. The molecule has 22 heavy (non-hydrogen) atoms. The van der Waals surface area contributed by atoms with Gasteiger partial charge in [0.25, 0.3) is 0 Å². The SMILES string of the molecule is Cn1cc(C(C)(O)CNC(=O)Nc2cc(Cl)ccc2F)cn1. The molecule has 0 saturated carbocycles. The lowest BCUT2D eigenvalue weighted by atomic mass is 10.00. The van der Waals surface area contributed by atoms with Crippen molar-refractivity contribution < 1.29 is 14.3 Å². The predicted molar refractivity (Wildman–Crippen MR) is 81.2 cm³/mol. The Morgan fingerprint density at radius 3 is 2.91 bits per heavy atom. The van der Waals surface area contributed by atoms with Crippen molar-refractivity contribution in [3.63, 3.8) is 0 Å². The van der Waals surface area contributed by atoms with Crippen LogP contribution in [0, 0.1) is 5.82 Å². The van der Waals surface area contributed by atoms with Crippen LogP contribution in [-0.4, -0.2) is 27.5 Å². The molecule has 0 saturated heterocycles. The fourth-order valence-electron chi connectivity index (χ4n) is 1.81. The first-order valence-electron chi connectivity index (χ1n) is 6.49. The molecule has 1 heterocycles. The van der Waals surface area contributed by atoms with Crippen molar-refractivity contribution in [2.24, 2.45) is 7.05 Å². The van der Waals surface area contributed by atoms with E-state index in [0.29, 0.717) is 10.6 Å². The number of hydrogen-bond donors (Lipinski definition) is 3. The molecular formula is C14H16ClFN4O2. The summed E-state index contributed by atoms with van der Waals surface area (Å²) >= 11 is 5.74. The summed E-state index contributed by atoms with van der Waals surface area (Å²) in [6.45, 7) is 1.48. The molecule has 0 aliphatic heterocycles. The number of aliphatic hydroxyl groups is 1. The topological polar surface area (TPSA) is 79.2 Å². The number of amides is 2. The quantitative estimate of drug-likeness (QED) is 0.806. The highest BCUT2D eigenvalue weighted by Crippen LogP contribution is 2.20. The van der Waals surface area contributed by atoms with E-state index in [-0.39, 0.29) is 12.2 Å². The third-order valence-electron chi connectivity index (χ3n) is 3.10. The Bertz CT molecular complexity index is 687. The summed E-state index contributed by atoms with van der Waals surface area (Å²) < 4.78 is 15.1. The minimum Gasteiger partial charge on any atom is -0.383 e. The van der Waals surface area contributed by atoms with E-state index in [1.54, 1.807) is 24.9 Å². The molecule has 1 atom stereocenters. The number of nitrogens with one attached hydrogen (secondary N) is 2. The fourth-order valence-corrected chi connectivity index (χ4v) is 1.99. The van der Waals surface area contributed by atoms with Gasteiger partial charge in [-0.2, -0.15) is 5.10 Å². The Morgan fingerprint density at radius 1 is 1.55 bits per heavy atom. The number of carbonyl (C=O) groups is 1. The van der Waals surface area contributed by atoms with Gasteiger partial charge >= 0.3 is 6.03 Å². The molecule has 1 aromatic heterocycles. The summed E-state index contributed by atoms with van der Waals surface area (Å²) in [5.41, 5.74) is -0.770. The standard InChI is InChI=1S/C14H16ClFN4O2/c1-14(22,9-6-18-20(2)7-9)8-17-13(21)19-12-5-10(15)3-4-11(12)16/h3-7,22H,8H2,1-2H3,(H2,17,19,21). The molecule has 0 aliphatic rings. The number of aryl methyl sites for hydroxylation is 1. The van der Waals surface area contributed by atoms with Gasteiger partial charge in [0.15, 0.2) is 0 Å². The number of hydrogen-bond acceptors (Lipinski definition) is 3. The van der Waals surface area contributed by atoms with Crippen LogP contribution in [-0.2, 0) is 12.6 Å². The second-order valence-electron chi connectivity index (χ2n) is 5.11. The minimum absolute atomic E-state index is 0.0361. The molecule has 0 bridgehead atoms. The first kappa shape index (κ1) is 16.3. The molecule has 0 aliphatic carbocycles. The lowest BCUT2D eigenvalue weighted by Gasteiger charge is -2.22. The maximum atomic E-state index is 13.5. The zero-order chi connectivity index (χ0) is 16.3. The molecule has 0 radical (unpaired) electrons. The van der Waals surface area contributed by atoms with Crippen molar-refractivity contribution in [2.45, 2.75) is 12.5 Å². The van der Waals surface area contributed by atoms with Gasteiger partial charge in [0.1, 0.15) is 11.4 Å². The second-order valence-corrected chi connectivity index (χ2v) is 5.54. The van der Waals surface area contributed by atoms with Crippen molar-refractivity contribution in [3.8, 4) is 0 Å². The second kappa shape index (κ2) is 6.33. The van der Waals surface area contributed by atoms with Gasteiger partial charge in [0, 0.05) is 23.8 Å². The number of benzene rings is 1. The molecule has 2 aromatic rings. The van der Waals surface area contributed by atoms with Gasteiger partial charge in [0.05, 0.1) is 18.4 Å². The van der Waals surface area contributed by atoms with Crippen molar-refractivity contribution in [1.29, 1.82) is 0 Å². The molecule has 0 spiro atoms. The highest BCUT2D eigenvalue weighted by Gasteiger charge is 2.25. The van der Waals surface area contributed by atoms with E-state index < -0.39 is 17.4 Å². The third-order valence-corrected chi connectivity index (χ3v) is 3.33. The molecule has 1 unspecified atom stereocenters. The van der Waals surface area contributed by atoms with Gasteiger partial charge in [-0.05, 0) is 25.1 Å². The van der Waals surface area contributed by atoms with Crippen molar-refractivity contribution in [2.75, 3.05) is 11.9 Å². The molecule has 3 N–H and O–H groups in total. The van der Waals surface area contributed by atoms with Crippen LogP contribution in [0.1, 0.15) is 12.5 Å². The Kier molecular flexibility index (Phi) is 4.68. The molecule has 2 amide bonds. The van der Waals surface area contributed by atoms with Crippen molar-refractivity contribution >= 4 is 23.3 Å². The van der Waals surface area contributed by atoms with E-state index in [2.05, 4.69) is 15.7 Å². The Morgan fingerprint density at radius 2 is 2.27 bits per heavy atom. The van der Waals surface area contributed by atoms with Gasteiger partial charge in [-0.25, -0.2) is 9.18 Å². The average molecular weight is 327 g/mol. The summed E-state index contributed by atoms with van der Waals surface area (Å²) in [5.74, 6) is -0.599. The van der Waals surface area contributed by atoms with Crippen molar-refractivity contribution in [3.05, 3.63) is 47.0 Å². The van der Waals surface area contributed by atoms with Gasteiger partial charge in [-0.3, -0.25) is 4.68 Å². The van der Waals surface area contributed by atoms with Gasteiger partial charge in [0.2, 0.25) is 0 Å². The van der Waals surface area contributed by atoms with Crippen LogP contribution in [0.15, 0.2) is 30.6 Å². The van der Waals surface area contributed by atoms with Crippen LogP contribution in [0.4, 0.5) is 14.9 Å². The van der Waals surface area contributed by atoms with E-state index in [9.17, 15) is 14.3 Å². The Balaban J connectivity index is 1.96. The number of rotatable bonds is 4. The van der Waals surface area contributed by atoms with Gasteiger partial charge in [-0.1, -0.05) is 11.6 Å². The third kappa shape index (κ3) is 3.96. The maximum absolute atomic E-state index is 13.5. The number of urea groups is 1. The highest BCUT2D eigenvalue weighted by molar-refractivity contribution is 6.30. The highest BCUT2D eigenvalue weighted by atomic mass is 35.5. The summed E-state index contributed by atoms with van der Waals surface area (Å²) in [7, 11) is 1.72. The van der Waals surface area contributed by atoms with Crippen LogP contribution >= 0.6 is 11.6 Å². The van der Waals surface area contributed by atoms with Crippen LogP contribution < -0.4 is 10.6 Å². The summed E-state index contributed by atoms with van der Waals surface area (Å²) in [6, 6.07) is 3.19. The number of aromatic nitrogens is 2. The monoisotopic (exact) mass is 326 g/mol. The molecule has 2 rings (SSSR count). The summed E-state index contributed by atoms with van der Waals surface area (Å²) in [5, 5.41) is 19.4. The molecule has 1 aromatic carbocycles. The lowest BCUT2D eigenvalue weighted by molar-refractivity contribution is 0.0599. The molecule has 118 valence electrons. The van der Waals surface area contributed by atoms with E-state index >= 15 is 0 Å². The van der Waals surface area contributed by atoms with Crippen molar-refractivity contribution in [1.82, 2.24) is 15.1 Å². The van der Waals surface area contributed by atoms with E-state index in [1.807, 2.05) is 0 Å². The Hall–Kier alpha value is -2.12. The van der Waals surface area contributed by atoms with Crippen LogP contribution in [0.3, 0.4) is 0 Å². The number of carbonyl (C=O) groups excluding carboxylic acids is 1. The van der Waals surface area contributed by atoms with Crippen LogP contribution in [0.5, 0.6) is 0 Å². The zero-order valence-electron chi connectivity index (χ0n) is 12.1. The summed E-state index contributed by atoms with van der Waals surface area (Å²) in [4.78, 5) is 11.8. The van der Waals surface area contributed by atoms with E-state index in [1.165, 1.54) is 18.3 Å². The molecule has 6 nitrogen and oxygen atoms in total. The molecular weight excluding hydrogens is 311 g/mol. The maximum Gasteiger partial charge on any atom is 0.319 e. The molecule has 0 fully saturated rings. The fraction of sp³-hybridized carbons (Fsp3) is 0.286.